The van der Waals surface area contributed by atoms with Gasteiger partial charge in [-0.25, -0.2) is 5.43 Å². The van der Waals surface area contributed by atoms with Crippen molar-refractivity contribution < 1.29 is 4.79 Å². The smallest absolute Gasteiger partial charge is 0.250 e. The summed E-state index contributed by atoms with van der Waals surface area (Å²) in [6.07, 6.45) is 0. The summed E-state index contributed by atoms with van der Waals surface area (Å²) in [5.74, 6) is 1.10. The normalized spacial score (nSPS) is 11.4. The number of hydrazone groups is 1. The van der Waals surface area contributed by atoms with Gasteiger partial charge in [0, 0.05) is 15.8 Å². The Bertz CT molecular complexity index is 759. The van der Waals surface area contributed by atoms with Crippen LogP contribution in [0.3, 0.4) is 0 Å². The Hall–Kier alpha value is -1.59. The molecule has 0 fully saturated rings. The second-order valence-electron chi connectivity index (χ2n) is 5.67. The van der Waals surface area contributed by atoms with Gasteiger partial charge in [0.25, 0.3) is 0 Å². The Morgan fingerprint density at radius 2 is 2.00 bits per heavy atom. The van der Waals surface area contributed by atoms with Gasteiger partial charge in [0.15, 0.2) is 0 Å². The molecule has 0 radical (unpaired) electrons. The lowest BCUT2D eigenvalue weighted by Crippen LogP contribution is -2.21. The van der Waals surface area contributed by atoms with E-state index in [9.17, 15) is 4.79 Å². The molecule has 2 aromatic rings. The van der Waals surface area contributed by atoms with Crippen LogP contribution in [0.1, 0.15) is 29.2 Å². The number of rotatable bonds is 6. The maximum atomic E-state index is 11.9. The summed E-state index contributed by atoms with van der Waals surface area (Å²) < 4.78 is 1.05. The maximum Gasteiger partial charge on any atom is 0.250 e. The molecule has 5 heteroatoms. The van der Waals surface area contributed by atoms with Gasteiger partial charge >= 0.3 is 0 Å². The minimum atomic E-state index is -0.0837. The molecule has 1 N–H and O–H groups in total. The Kier molecular flexibility index (Phi) is 7.06. The van der Waals surface area contributed by atoms with Crippen LogP contribution in [0.5, 0.6) is 0 Å². The molecular weight excluding hydrogens is 384 g/mol. The summed E-state index contributed by atoms with van der Waals surface area (Å²) in [6, 6.07) is 14.3. The fourth-order valence-corrected chi connectivity index (χ4v) is 3.47. The number of halogens is 1. The third kappa shape index (κ3) is 5.80. The van der Waals surface area contributed by atoms with Crippen molar-refractivity contribution >= 4 is 39.3 Å². The molecule has 24 heavy (non-hydrogen) atoms. The molecule has 2 rings (SSSR count). The van der Waals surface area contributed by atoms with Crippen LogP contribution in [0, 0.1) is 13.8 Å². The van der Waals surface area contributed by atoms with Gasteiger partial charge in [0.2, 0.25) is 5.91 Å². The number of hydrogen-bond acceptors (Lipinski definition) is 3. The second-order valence-corrected chi connectivity index (χ2v) is 7.57. The second kappa shape index (κ2) is 9.04. The van der Waals surface area contributed by atoms with Crippen molar-refractivity contribution in [2.24, 2.45) is 5.10 Å². The SMILES string of the molecule is C/C(=N/NC(=O)CSCc1cccc(Br)c1)c1cc(C)ccc1C. The molecule has 3 nitrogen and oxygen atoms in total. The standard InChI is InChI=1S/C19H21BrN2OS/c1-13-7-8-14(2)18(9-13)15(3)21-22-19(23)12-24-11-16-5-4-6-17(20)10-16/h4-10H,11-12H2,1-3H3,(H,22,23)/b21-15-. The first kappa shape index (κ1) is 18.7. The fraction of sp³-hybridized carbons (Fsp3) is 0.263. The zero-order valence-electron chi connectivity index (χ0n) is 14.1. The average molecular weight is 405 g/mol. The summed E-state index contributed by atoms with van der Waals surface area (Å²) >= 11 is 5.02. The van der Waals surface area contributed by atoms with E-state index in [1.165, 1.54) is 11.1 Å². The van der Waals surface area contributed by atoms with Crippen molar-refractivity contribution in [3.8, 4) is 0 Å². The lowest BCUT2D eigenvalue weighted by Gasteiger charge is -2.07. The van der Waals surface area contributed by atoms with Crippen LogP contribution in [0.2, 0.25) is 0 Å². The van der Waals surface area contributed by atoms with Gasteiger partial charge in [-0.05, 0) is 50.1 Å². The number of amides is 1. The summed E-state index contributed by atoms with van der Waals surface area (Å²) in [5.41, 5.74) is 8.06. The molecule has 0 aliphatic rings. The molecule has 0 heterocycles. The Morgan fingerprint density at radius 1 is 1.21 bits per heavy atom. The van der Waals surface area contributed by atoms with Gasteiger partial charge in [-0.3, -0.25) is 4.79 Å². The van der Waals surface area contributed by atoms with Crippen LogP contribution >= 0.6 is 27.7 Å². The monoisotopic (exact) mass is 404 g/mol. The number of nitrogens with one attached hydrogen (secondary N) is 1. The average Bonchev–Trinajstić information content (AvgIpc) is 2.55. The van der Waals surface area contributed by atoms with E-state index >= 15 is 0 Å². The Balaban J connectivity index is 1.84. The molecule has 0 saturated carbocycles. The predicted octanol–water partition coefficient (Wildman–Crippen LogP) is 4.84. The minimum absolute atomic E-state index is 0.0837. The highest BCUT2D eigenvalue weighted by atomic mass is 79.9. The Morgan fingerprint density at radius 3 is 2.75 bits per heavy atom. The molecule has 0 unspecified atom stereocenters. The molecule has 2 aromatic carbocycles. The number of aryl methyl sites for hydroxylation is 2. The largest absolute Gasteiger partial charge is 0.272 e. The predicted molar refractivity (Wildman–Crippen MR) is 107 cm³/mol. The van der Waals surface area contributed by atoms with Gasteiger partial charge < -0.3 is 0 Å². The Labute approximate surface area is 156 Å². The first-order chi connectivity index (χ1) is 11.5. The van der Waals surface area contributed by atoms with Gasteiger partial charge in [0.1, 0.15) is 0 Å². The number of thioether (sulfide) groups is 1. The number of carbonyl (C=O) groups excluding carboxylic acids is 1. The topological polar surface area (TPSA) is 41.5 Å². The first-order valence-corrected chi connectivity index (χ1v) is 9.63. The zero-order chi connectivity index (χ0) is 17.5. The van der Waals surface area contributed by atoms with E-state index in [0.29, 0.717) is 5.75 Å². The summed E-state index contributed by atoms with van der Waals surface area (Å²) in [4.78, 5) is 11.9. The number of hydrogen-bond donors (Lipinski definition) is 1. The highest BCUT2D eigenvalue weighted by Crippen LogP contribution is 2.17. The van der Waals surface area contributed by atoms with Crippen molar-refractivity contribution in [1.29, 1.82) is 0 Å². The van der Waals surface area contributed by atoms with Crippen LogP contribution in [-0.4, -0.2) is 17.4 Å². The van der Waals surface area contributed by atoms with E-state index in [-0.39, 0.29) is 5.91 Å². The molecule has 1 amide bonds. The lowest BCUT2D eigenvalue weighted by molar-refractivity contribution is -0.118. The van der Waals surface area contributed by atoms with Gasteiger partial charge in [0.05, 0.1) is 11.5 Å². The maximum absolute atomic E-state index is 11.9. The van der Waals surface area contributed by atoms with Crippen molar-refractivity contribution in [3.05, 3.63) is 69.2 Å². The van der Waals surface area contributed by atoms with Crippen molar-refractivity contribution in [3.63, 3.8) is 0 Å². The fourth-order valence-electron chi connectivity index (χ4n) is 2.25. The van der Waals surface area contributed by atoms with Gasteiger partial charge in [-0.2, -0.15) is 5.10 Å². The van der Waals surface area contributed by atoms with Crippen LogP contribution in [0.15, 0.2) is 52.0 Å². The molecule has 0 bridgehead atoms. The number of carbonyl (C=O) groups is 1. The van der Waals surface area contributed by atoms with Crippen molar-refractivity contribution in [1.82, 2.24) is 5.43 Å². The quantitative estimate of drug-likeness (QED) is 0.552. The third-order valence-electron chi connectivity index (χ3n) is 3.52. The number of benzene rings is 2. The number of nitrogens with zero attached hydrogens (tertiary/aromatic N) is 1. The molecule has 0 atom stereocenters. The summed E-state index contributed by atoms with van der Waals surface area (Å²) in [7, 11) is 0. The lowest BCUT2D eigenvalue weighted by atomic mass is 10.0. The molecular formula is C19H21BrN2OS. The molecule has 0 saturated heterocycles. The molecule has 126 valence electrons. The molecule has 0 aliphatic carbocycles. The molecule has 0 spiro atoms. The van der Waals surface area contributed by atoms with Crippen molar-refractivity contribution in [2.45, 2.75) is 26.5 Å². The summed E-state index contributed by atoms with van der Waals surface area (Å²) in [6.45, 7) is 6.01. The first-order valence-electron chi connectivity index (χ1n) is 7.68. The van der Waals surface area contributed by atoms with Gasteiger partial charge in [-0.15, -0.1) is 11.8 Å². The van der Waals surface area contributed by atoms with E-state index in [1.54, 1.807) is 11.8 Å². The van der Waals surface area contributed by atoms with Crippen molar-refractivity contribution in [2.75, 3.05) is 5.75 Å². The van der Waals surface area contributed by atoms with Crippen LogP contribution < -0.4 is 5.43 Å². The van der Waals surface area contributed by atoms with E-state index in [2.05, 4.69) is 56.8 Å². The van der Waals surface area contributed by atoms with E-state index in [0.717, 1.165) is 27.1 Å². The third-order valence-corrected chi connectivity index (χ3v) is 5.02. The van der Waals surface area contributed by atoms with E-state index in [1.807, 2.05) is 32.9 Å². The van der Waals surface area contributed by atoms with Crippen LogP contribution in [0.25, 0.3) is 0 Å². The van der Waals surface area contributed by atoms with E-state index < -0.39 is 0 Å². The van der Waals surface area contributed by atoms with Crippen LogP contribution in [0.4, 0.5) is 0 Å². The minimum Gasteiger partial charge on any atom is -0.272 e. The molecule has 0 aromatic heterocycles. The molecule has 0 aliphatic heterocycles. The van der Waals surface area contributed by atoms with E-state index in [4.69, 9.17) is 0 Å². The van der Waals surface area contributed by atoms with Gasteiger partial charge in [-0.1, -0.05) is 45.8 Å². The van der Waals surface area contributed by atoms with Crippen LogP contribution in [-0.2, 0) is 10.5 Å². The highest BCUT2D eigenvalue weighted by molar-refractivity contribution is 9.10. The zero-order valence-corrected chi connectivity index (χ0v) is 16.5. The summed E-state index contributed by atoms with van der Waals surface area (Å²) in [5, 5.41) is 4.23. The highest BCUT2D eigenvalue weighted by Gasteiger charge is 2.05.